The number of allylic oxidation sites excluding steroid dienone is 4. The van der Waals surface area contributed by atoms with Crippen molar-refractivity contribution in [3.63, 3.8) is 0 Å². The van der Waals surface area contributed by atoms with Gasteiger partial charge in [-0.2, -0.15) is 0 Å². The molecule has 1 fully saturated rings. The molecule has 0 bridgehead atoms. The van der Waals surface area contributed by atoms with E-state index in [4.69, 9.17) is 15.7 Å². The van der Waals surface area contributed by atoms with Gasteiger partial charge >= 0.3 is 0 Å². The quantitative estimate of drug-likeness (QED) is 0.152. The molecule has 3 heterocycles. The van der Waals surface area contributed by atoms with E-state index in [0.29, 0.717) is 0 Å². The van der Waals surface area contributed by atoms with Crippen LogP contribution in [0.2, 0.25) is 0 Å². The fraction of sp³-hybridized carbons (Fsp3) is 0.254. The van der Waals surface area contributed by atoms with Gasteiger partial charge in [-0.15, -0.1) is 0 Å². The second kappa shape index (κ2) is 16.9. The van der Waals surface area contributed by atoms with Gasteiger partial charge in [-0.25, -0.2) is 0 Å². The number of hydrogen-bond donors (Lipinski definition) is 0. The van der Waals surface area contributed by atoms with Crippen molar-refractivity contribution in [3.8, 4) is 22.6 Å². The monoisotopic (exact) mass is 928 g/mol. The van der Waals surface area contributed by atoms with Crippen LogP contribution in [-0.4, -0.2) is 10.7 Å². The predicted molar refractivity (Wildman–Crippen MR) is 297 cm³/mol. The molecule has 0 N–H and O–H groups in total. The van der Waals surface area contributed by atoms with Crippen LogP contribution in [0.25, 0.3) is 52.0 Å². The average molecular weight is 929 g/mol. The molecular formula is C67H64N2O2. The number of para-hydroxylation sites is 2. The maximum atomic E-state index is 7.70. The molecule has 0 radical (unpaired) electrons. The highest BCUT2D eigenvalue weighted by Gasteiger charge is 2.56. The maximum absolute atomic E-state index is 7.70. The summed E-state index contributed by atoms with van der Waals surface area (Å²) < 4.78 is 17.3. The lowest BCUT2D eigenvalue weighted by molar-refractivity contribution is 0.163. The van der Waals surface area contributed by atoms with E-state index < -0.39 is 5.41 Å². The average Bonchev–Trinajstić information content (AvgIpc) is 4.16. The number of benzene rings is 6. The van der Waals surface area contributed by atoms with Gasteiger partial charge in [0.25, 0.3) is 0 Å². The molecule has 1 unspecified atom stereocenters. The second-order valence-electron chi connectivity index (χ2n) is 21.2. The van der Waals surface area contributed by atoms with Gasteiger partial charge in [-0.3, -0.25) is 0 Å². The second-order valence-corrected chi connectivity index (χ2v) is 21.2. The lowest BCUT2D eigenvalue weighted by Gasteiger charge is -2.35. The van der Waals surface area contributed by atoms with E-state index >= 15 is 0 Å². The Kier molecular flexibility index (Phi) is 10.7. The summed E-state index contributed by atoms with van der Waals surface area (Å²) >= 11 is 0. The number of nitrogens with zero attached hydrogens (tertiary/aromatic N) is 2. The molecule has 8 aromatic rings. The van der Waals surface area contributed by atoms with Gasteiger partial charge in [0.2, 0.25) is 0 Å². The molecule has 1 spiro atoms. The number of rotatable bonds is 8. The summed E-state index contributed by atoms with van der Waals surface area (Å²) in [4.78, 5) is 2.56. The van der Waals surface area contributed by atoms with Crippen LogP contribution < -0.4 is 20.2 Å². The molecule has 354 valence electrons. The SMILES string of the molecule is C=c1/c(=C\C(=C/C)N(c2ccc(C(C)(C)C)cc2)c2cc3c(c4c2C2CCCC[C@H]2O4)C(c2oc(/C=C\C)c(C)c2C)=C(CC)C32c3ccccc3-c3ccccc32)n(-c2ccccc2)c2ccccc12. The Morgan fingerprint density at radius 2 is 1.45 bits per heavy atom. The normalized spacial score (nSPS) is 18.0. The summed E-state index contributed by atoms with van der Waals surface area (Å²) in [5.74, 6) is 3.11. The highest BCUT2D eigenvalue weighted by atomic mass is 16.5. The molecule has 12 rings (SSSR count). The van der Waals surface area contributed by atoms with E-state index in [1.807, 2.05) is 0 Å². The summed E-state index contributed by atoms with van der Waals surface area (Å²) in [5.41, 5.74) is 20.1. The van der Waals surface area contributed by atoms with Crippen LogP contribution in [-0.2, 0) is 10.8 Å². The summed E-state index contributed by atoms with van der Waals surface area (Å²) in [6, 6.07) is 49.7. The minimum Gasteiger partial charge on any atom is -0.489 e. The number of aromatic nitrogens is 1. The van der Waals surface area contributed by atoms with Crippen molar-refractivity contribution in [1.29, 1.82) is 0 Å². The van der Waals surface area contributed by atoms with Crippen LogP contribution in [0, 0.1) is 13.8 Å². The molecule has 71 heavy (non-hydrogen) atoms. The molecule has 3 aliphatic carbocycles. The Morgan fingerprint density at radius 3 is 2.13 bits per heavy atom. The minimum absolute atomic E-state index is 0.0142. The zero-order valence-corrected chi connectivity index (χ0v) is 42.6. The highest BCUT2D eigenvalue weighted by molar-refractivity contribution is 6.02. The summed E-state index contributed by atoms with van der Waals surface area (Å²) in [7, 11) is 0. The molecule has 4 nitrogen and oxygen atoms in total. The van der Waals surface area contributed by atoms with Crippen molar-refractivity contribution < 1.29 is 9.15 Å². The minimum atomic E-state index is -0.608. The van der Waals surface area contributed by atoms with Gasteiger partial charge in [0.15, 0.2) is 0 Å². The number of fused-ring (bicyclic) bond motifs is 12. The van der Waals surface area contributed by atoms with Crippen LogP contribution in [0.3, 0.4) is 0 Å². The zero-order chi connectivity index (χ0) is 48.9. The van der Waals surface area contributed by atoms with Crippen molar-refractivity contribution in [2.24, 2.45) is 0 Å². The predicted octanol–water partition coefficient (Wildman–Crippen LogP) is 16.1. The number of ether oxygens (including phenoxy) is 1. The Morgan fingerprint density at radius 1 is 0.789 bits per heavy atom. The molecule has 2 aromatic heterocycles. The van der Waals surface area contributed by atoms with Crippen LogP contribution in [0.4, 0.5) is 11.4 Å². The van der Waals surface area contributed by atoms with Gasteiger partial charge in [-0.05, 0) is 157 Å². The van der Waals surface area contributed by atoms with E-state index in [-0.39, 0.29) is 17.4 Å². The Hall–Kier alpha value is -7.30. The van der Waals surface area contributed by atoms with Crippen molar-refractivity contribution in [2.75, 3.05) is 4.90 Å². The zero-order valence-electron chi connectivity index (χ0n) is 42.6. The first-order chi connectivity index (χ1) is 34.5. The van der Waals surface area contributed by atoms with Crippen LogP contribution in [0.1, 0.15) is 136 Å². The fourth-order valence-electron chi connectivity index (χ4n) is 13.1. The first-order valence-electron chi connectivity index (χ1n) is 26.0. The van der Waals surface area contributed by atoms with Gasteiger partial charge < -0.3 is 18.6 Å². The molecule has 6 aromatic carbocycles. The topological polar surface area (TPSA) is 30.5 Å². The third kappa shape index (κ3) is 6.56. The first kappa shape index (κ1) is 44.9. The summed E-state index contributed by atoms with van der Waals surface area (Å²) in [5, 5.41) is 3.20. The largest absolute Gasteiger partial charge is 0.489 e. The highest BCUT2D eigenvalue weighted by Crippen LogP contribution is 2.68. The molecule has 0 saturated heterocycles. The first-order valence-corrected chi connectivity index (χ1v) is 26.0. The lowest BCUT2D eigenvalue weighted by Crippen LogP contribution is -2.30. The van der Waals surface area contributed by atoms with E-state index in [0.717, 1.165) is 81.5 Å². The smallest absolute Gasteiger partial charge is 0.138 e. The molecular weight excluding hydrogens is 865 g/mol. The maximum Gasteiger partial charge on any atom is 0.138 e. The molecule has 1 saturated carbocycles. The summed E-state index contributed by atoms with van der Waals surface area (Å²) in [6.45, 7) is 22.8. The molecule has 4 aliphatic rings. The number of anilines is 2. The van der Waals surface area contributed by atoms with Gasteiger partial charge in [0.1, 0.15) is 23.4 Å². The van der Waals surface area contributed by atoms with Crippen molar-refractivity contribution in [1.82, 2.24) is 4.57 Å². The Bertz CT molecular complexity index is 3620. The standard InChI is InChI=1S/C67H64N2O2/c1-10-24-59-41(4)42(5)64(70-59)62-52(12-3)67(53-31-20-16-28-49(53)50-29-17-21-32-54(50)67)55-40-58(61-51-30-19-23-34-60(51)71-65(61)63(55)62)68(47-37-35-44(36-38-47)66(7,8)9)45(11-2)39-57-43(6)48-27-18-22-33-56(48)69(57)46-25-14-13-15-26-46/h10-11,13-18,20-22,24-29,31-33,35-40,51,60H,6,12,19,23,30,34H2,1-5,7-9H3/b24-10-,45-11+,57-39+/t51?,60-/m1/s1. The van der Waals surface area contributed by atoms with Crippen LogP contribution in [0.15, 0.2) is 161 Å². The number of furan rings is 1. The van der Waals surface area contributed by atoms with Gasteiger partial charge in [0.05, 0.1) is 22.0 Å². The molecule has 2 atom stereocenters. The Labute approximate surface area is 419 Å². The van der Waals surface area contributed by atoms with Crippen LogP contribution >= 0.6 is 0 Å². The van der Waals surface area contributed by atoms with Crippen molar-refractivity contribution in [2.45, 2.75) is 110 Å². The molecule has 1 aliphatic heterocycles. The van der Waals surface area contributed by atoms with E-state index in [9.17, 15) is 0 Å². The molecule has 4 heteroatoms. The van der Waals surface area contributed by atoms with Crippen LogP contribution in [0.5, 0.6) is 5.75 Å². The van der Waals surface area contributed by atoms with Crippen molar-refractivity contribution in [3.05, 3.63) is 223 Å². The van der Waals surface area contributed by atoms with E-state index in [1.54, 1.807) is 0 Å². The third-order valence-electron chi connectivity index (χ3n) is 16.5. The van der Waals surface area contributed by atoms with Gasteiger partial charge in [-0.1, -0.05) is 150 Å². The van der Waals surface area contributed by atoms with E-state index in [1.165, 1.54) is 78.9 Å². The Balaban J connectivity index is 1.23. The van der Waals surface area contributed by atoms with E-state index in [2.05, 4.69) is 223 Å². The number of hydrogen-bond acceptors (Lipinski definition) is 3. The van der Waals surface area contributed by atoms with Crippen molar-refractivity contribution >= 4 is 46.6 Å². The van der Waals surface area contributed by atoms with Gasteiger partial charge in [0, 0.05) is 50.3 Å². The summed E-state index contributed by atoms with van der Waals surface area (Å²) in [6.07, 6.45) is 14.2. The third-order valence-corrected chi connectivity index (χ3v) is 16.5. The fourth-order valence-corrected chi connectivity index (χ4v) is 13.1. The lowest BCUT2D eigenvalue weighted by atomic mass is 9.68. The molecule has 0 amide bonds.